The van der Waals surface area contributed by atoms with E-state index >= 15 is 0 Å². The average molecular weight is 330 g/mol. The first-order chi connectivity index (χ1) is 11.3. The summed E-state index contributed by atoms with van der Waals surface area (Å²) in [7, 11) is 0. The van der Waals surface area contributed by atoms with Crippen LogP contribution >= 0.6 is 0 Å². The van der Waals surface area contributed by atoms with Gasteiger partial charge in [0.05, 0.1) is 5.52 Å². The van der Waals surface area contributed by atoms with Crippen LogP contribution in [0.2, 0.25) is 0 Å². The number of fused-ring (bicyclic) bond motifs is 1. The normalized spacial score (nSPS) is 16.4. The highest BCUT2D eigenvalue weighted by Crippen LogP contribution is 2.25. The number of anilines is 1. The van der Waals surface area contributed by atoms with E-state index in [2.05, 4.69) is 15.3 Å². The number of rotatable bonds is 2. The summed E-state index contributed by atoms with van der Waals surface area (Å²) in [6.07, 6.45) is 3.19. The third-order valence-corrected chi connectivity index (χ3v) is 4.36. The van der Waals surface area contributed by atoms with Crippen LogP contribution in [0.3, 0.4) is 0 Å². The molecule has 6 heteroatoms. The summed E-state index contributed by atoms with van der Waals surface area (Å²) in [4.78, 5) is 22.7. The van der Waals surface area contributed by atoms with Gasteiger partial charge in [0.15, 0.2) is 0 Å². The maximum absolute atomic E-state index is 13.3. The number of hydrogen-bond acceptors (Lipinski definition) is 4. The molecule has 2 heterocycles. The van der Waals surface area contributed by atoms with E-state index in [1.54, 1.807) is 6.07 Å². The SMILES string of the molecule is CC(C)(C)C(=O)N1CCC(Nc2ncnc3cc(F)ccc23)CC1. The van der Waals surface area contributed by atoms with Gasteiger partial charge in [0.25, 0.3) is 0 Å². The summed E-state index contributed by atoms with van der Waals surface area (Å²) in [6, 6.07) is 4.77. The Morgan fingerprint density at radius 2 is 1.96 bits per heavy atom. The van der Waals surface area contributed by atoms with Crippen LogP contribution in [0.5, 0.6) is 0 Å². The van der Waals surface area contributed by atoms with Crippen molar-refractivity contribution in [2.24, 2.45) is 5.41 Å². The molecule has 1 N–H and O–H groups in total. The van der Waals surface area contributed by atoms with Crippen LogP contribution in [-0.2, 0) is 4.79 Å². The van der Waals surface area contributed by atoms with Crippen molar-refractivity contribution >= 4 is 22.6 Å². The molecule has 0 radical (unpaired) electrons. The van der Waals surface area contributed by atoms with E-state index in [1.807, 2.05) is 25.7 Å². The van der Waals surface area contributed by atoms with Crippen LogP contribution in [0.15, 0.2) is 24.5 Å². The van der Waals surface area contributed by atoms with E-state index in [0.29, 0.717) is 5.52 Å². The average Bonchev–Trinajstić information content (AvgIpc) is 2.54. The van der Waals surface area contributed by atoms with Crippen LogP contribution < -0.4 is 5.32 Å². The molecule has 1 aromatic heterocycles. The largest absolute Gasteiger partial charge is 0.367 e. The molecule has 1 amide bonds. The fraction of sp³-hybridized carbons (Fsp3) is 0.500. The molecule has 1 aliphatic rings. The van der Waals surface area contributed by atoms with Gasteiger partial charge < -0.3 is 10.2 Å². The first-order valence-corrected chi connectivity index (χ1v) is 8.31. The number of benzene rings is 1. The van der Waals surface area contributed by atoms with Gasteiger partial charge >= 0.3 is 0 Å². The standard InChI is InChI=1S/C18H23FN4O/c1-18(2,3)17(24)23-8-6-13(7-9-23)22-16-14-5-4-12(19)10-15(14)20-11-21-16/h4-5,10-11,13H,6-9H2,1-3H3,(H,20,21,22). The van der Waals surface area contributed by atoms with E-state index in [9.17, 15) is 9.18 Å². The second-order valence-electron chi connectivity index (χ2n) is 7.34. The highest BCUT2D eigenvalue weighted by atomic mass is 19.1. The maximum Gasteiger partial charge on any atom is 0.227 e. The predicted molar refractivity (Wildman–Crippen MR) is 92.2 cm³/mol. The van der Waals surface area contributed by atoms with Crippen molar-refractivity contribution in [2.75, 3.05) is 18.4 Å². The summed E-state index contributed by atoms with van der Waals surface area (Å²) < 4.78 is 13.3. The zero-order valence-electron chi connectivity index (χ0n) is 14.3. The molecule has 3 rings (SSSR count). The van der Waals surface area contributed by atoms with Crippen LogP contribution in [0.4, 0.5) is 10.2 Å². The summed E-state index contributed by atoms with van der Waals surface area (Å²) in [6.45, 7) is 7.33. The molecule has 1 fully saturated rings. The van der Waals surface area contributed by atoms with Crippen LogP contribution in [0, 0.1) is 11.2 Å². The quantitative estimate of drug-likeness (QED) is 0.918. The molecule has 1 saturated heterocycles. The number of carbonyl (C=O) groups excluding carboxylic acids is 1. The van der Waals surface area contributed by atoms with E-state index in [4.69, 9.17) is 0 Å². The van der Waals surface area contributed by atoms with Crippen LogP contribution in [0.1, 0.15) is 33.6 Å². The molecule has 5 nitrogen and oxygen atoms in total. The van der Waals surface area contributed by atoms with Crippen molar-refractivity contribution in [1.82, 2.24) is 14.9 Å². The fourth-order valence-corrected chi connectivity index (χ4v) is 3.04. The molecular formula is C18H23FN4O. The van der Waals surface area contributed by atoms with Gasteiger partial charge in [-0.3, -0.25) is 4.79 Å². The molecule has 0 aliphatic carbocycles. The summed E-state index contributed by atoms with van der Waals surface area (Å²) in [5.74, 6) is 0.616. The number of likely N-dealkylation sites (tertiary alicyclic amines) is 1. The number of aromatic nitrogens is 2. The van der Waals surface area contributed by atoms with Gasteiger partial charge in [0, 0.05) is 36.0 Å². The minimum atomic E-state index is -0.340. The van der Waals surface area contributed by atoms with Gasteiger partial charge in [-0.25, -0.2) is 14.4 Å². The third-order valence-electron chi connectivity index (χ3n) is 4.36. The molecule has 24 heavy (non-hydrogen) atoms. The third kappa shape index (κ3) is 3.47. The minimum Gasteiger partial charge on any atom is -0.367 e. The van der Waals surface area contributed by atoms with Crippen LogP contribution in [0.25, 0.3) is 10.9 Å². The Kier molecular flexibility index (Phi) is 4.39. The smallest absolute Gasteiger partial charge is 0.227 e. The second-order valence-corrected chi connectivity index (χ2v) is 7.34. The van der Waals surface area contributed by atoms with Gasteiger partial charge in [-0.2, -0.15) is 0 Å². The highest BCUT2D eigenvalue weighted by Gasteiger charge is 2.30. The van der Waals surface area contributed by atoms with Crippen LogP contribution in [-0.4, -0.2) is 39.9 Å². The Hall–Kier alpha value is -2.24. The number of amides is 1. The molecule has 0 saturated carbocycles. The van der Waals surface area contributed by atoms with E-state index in [-0.39, 0.29) is 23.2 Å². The molecule has 0 atom stereocenters. The number of piperidine rings is 1. The Bertz CT molecular complexity index is 748. The Balaban J connectivity index is 1.68. The van der Waals surface area contributed by atoms with E-state index < -0.39 is 0 Å². The molecular weight excluding hydrogens is 307 g/mol. The monoisotopic (exact) mass is 330 g/mol. The van der Waals surface area contributed by atoms with E-state index in [1.165, 1.54) is 18.5 Å². The number of halogens is 1. The topological polar surface area (TPSA) is 58.1 Å². The van der Waals surface area contributed by atoms with Gasteiger partial charge in [0.1, 0.15) is 18.0 Å². The predicted octanol–water partition coefficient (Wildman–Crippen LogP) is 3.22. The molecule has 128 valence electrons. The highest BCUT2D eigenvalue weighted by molar-refractivity contribution is 5.88. The van der Waals surface area contributed by atoms with Gasteiger partial charge in [-0.15, -0.1) is 0 Å². The summed E-state index contributed by atoms with van der Waals surface area (Å²) in [5, 5.41) is 4.24. The molecule has 0 bridgehead atoms. The first kappa shape index (κ1) is 16.6. The summed E-state index contributed by atoms with van der Waals surface area (Å²) >= 11 is 0. The Morgan fingerprint density at radius 3 is 2.62 bits per heavy atom. The van der Waals surface area contributed by atoms with Crippen molar-refractivity contribution in [2.45, 2.75) is 39.7 Å². The van der Waals surface area contributed by atoms with Crippen molar-refractivity contribution in [1.29, 1.82) is 0 Å². The van der Waals surface area contributed by atoms with E-state index in [0.717, 1.165) is 37.1 Å². The lowest BCUT2D eigenvalue weighted by atomic mass is 9.93. The first-order valence-electron chi connectivity index (χ1n) is 8.31. The molecule has 2 aromatic rings. The van der Waals surface area contributed by atoms with Gasteiger partial charge in [-0.05, 0) is 25.0 Å². The molecule has 0 spiro atoms. The minimum absolute atomic E-state index is 0.198. The zero-order valence-corrected chi connectivity index (χ0v) is 14.3. The second kappa shape index (κ2) is 6.34. The maximum atomic E-state index is 13.3. The summed E-state index contributed by atoms with van der Waals surface area (Å²) in [5.41, 5.74) is 0.251. The number of hydrogen-bond donors (Lipinski definition) is 1. The number of carbonyl (C=O) groups is 1. The molecule has 1 aromatic carbocycles. The van der Waals surface area contributed by atoms with Crippen molar-refractivity contribution in [3.05, 3.63) is 30.3 Å². The lowest BCUT2D eigenvalue weighted by Crippen LogP contribution is -2.46. The molecule has 0 unspecified atom stereocenters. The lowest BCUT2D eigenvalue weighted by molar-refractivity contribution is -0.140. The van der Waals surface area contributed by atoms with Gasteiger partial charge in [0.2, 0.25) is 5.91 Å². The number of nitrogens with zero attached hydrogens (tertiary/aromatic N) is 3. The lowest BCUT2D eigenvalue weighted by Gasteiger charge is -2.36. The van der Waals surface area contributed by atoms with Gasteiger partial charge in [-0.1, -0.05) is 20.8 Å². The van der Waals surface area contributed by atoms with Crippen molar-refractivity contribution in [3.8, 4) is 0 Å². The number of nitrogens with one attached hydrogen (secondary N) is 1. The zero-order chi connectivity index (χ0) is 17.3. The van der Waals surface area contributed by atoms with Crippen molar-refractivity contribution in [3.63, 3.8) is 0 Å². The Morgan fingerprint density at radius 1 is 1.25 bits per heavy atom. The van der Waals surface area contributed by atoms with Crippen molar-refractivity contribution < 1.29 is 9.18 Å². The Labute approximate surface area is 141 Å². The molecule has 1 aliphatic heterocycles. The fourth-order valence-electron chi connectivity index (χ4n) is 3.04.